The summed E-state index contributed by atoms with van der Waals surface area (Å²) in [7, 11) is 0. The predicted molar refractivity (Wildman–Crippen MR) is 74.1 cm³/mol. The molecule has 0 bridgehead atoms. The molecule has 1 amide bonds. The first kappa shape index (κ1) is 14.8. The van der Waals surface area contributed by atoms with Crippen LogP contribution in [-0.4, -0.2) is 18.6 Å². The monoisotopic (exact) mass is 270 g/mol. The van der Waals surface area contributed by atoms with Gasteiger partial charge in [0.1, 0.15) is 5.75 Å². The molecule has 0 radical (unpaired) electrons. The van der Waals surface area contributed by atoms with Crippen LogP contribution in [0.25, 0.3) is 0 Å². The molecule has 1 atom stereocenters. The van der Waals surface area contributed by atoms with Gasteiger partial charge in [-0.15, -0.1) is 0 Å². The summed E-state index contributed by atoms with van der Waals surface area (Å²) in [5, 5.41) is 3.14. The van der Waals surface area contributed by atoms with Crippen molar-refractivity contribution in [3.8, 4) is 5.75 Å². The summed E-state index contributed by atoms with van der Waals surface area (Å²) in [6.45, 7) is 6.35. The Kier molecular flexibility index (Phi) is 5.44. The molecule has 1 aromatic carbocycles. The van der Waals surface area contributed by atoms with E-state index in [0.717, 1.165) is 0 Å². The second-order valence-corrected chi connectivity index (χ2v) is 5.04. The molecule has 5 heteroatoms. The maximum absolute atomic E-state index is 11.4. The lowest BCUT2D eigenvalue weighted by Crippen LogP contribution is -2.32. The molecule has 18 heavy (non-hydrogen) atoms. The number of carbonyl (C=O) groups excluding carboxylic acids is 1. The fraction of sp³-hybridized carbons (Fsp3) is 0.462. The number of halogens is 1. The minimum absolute atomic E-state index is 0.248. The summed E-state index contributed by atoms with van der Waals surface area (Å²) in [4.78, 5) is 11.4. The average molecular weight is 271 g/mol. The smallest absolute Gasteiger partial charge is 0.240 e. The Morgan fingerprint density at radius 2 is 2.11 bits per heavy atom. The van der Waals surface area contributed by atoms with Crippen LogP contribution in [-0.2, 0) is 4.79 Å². The van der Waals surface area contributed by atoms with Gasteiger partial charge in [-0.2, -0.15) is 0 Å². The average Bonchev–Trinajstić information content (AvgIpc) is 2.27. The van der Waals surface area contributed by atoms with Gasteiger partial charge in [0.25, 0.3) is 0 Å². The van der Waals surface area contributed by atoms with Crippen molar-refractivity contribution in [3.05, 3.63) is 23.2 Å². The number of carbonyl (C=O) groups is 1. The molecule has 1 rings (SSSR count). The molecule has 0 aliphatic carbocycles. The van der Waals surface area contributed by atoms with Crippen molar-refractivity contribution < 1.29 is 9.53 Å². The number of rotatable bonds is 5. The lowest BCUT2D eigenvalue weighted by atomic mass is 10.2. The molecule has 0 saturated carbocycles. The van der Waals surface area contributed by atoms with Crippen LogP contribution in [0.2, 0.25) is 5.02 Å². The van der Waals surface area contributed by atoms with E-state index in [0.29, 0.717) is 29.0 Å². The molecule has 1 aromatic rings. The molecule has 0 saturated heterocycles. The van der Waals surface area contributed by atoms with Crippen LogP contribution in [0.3, 0.4) is 0 Å². The van der Waals surface area contributed by atoms with E-state index in [1.165, 1.54) is 0 Å². The fourth-order valence-corrected chi connectivity index (χ4v) is 1.44. The summed E-state index contributed by atoms with van der Waals surface area (Å²) < 4.78 is 5.54. The number of nitrogens with two attached hydrogens (primary N) is 1. The number of hydrogen-bond acceptors (Lipinski definition) is 3. The maximum Gasteiger partial charge on any atom is 0.240 e. The van der Waals surface area contributed by atoms with Crippen LogP contribution in [0.1, 0.15) is 20.8 Å². The van der Waals surface area contributed by atoms with Crippen LogP contribution < -0.4 is 15.8 Å². The molecule has 3 N–H and O–H groups in total. The number of benzene rings is 1. The highest BCUT2D eigenvalue weighted by atomic mass is 35.5. The molecule has 0 aromatic heterocycles. The van der Waals surface area contributed by atoms with Gasteiger partial charge in [-0.05, 0) is 31.0 Å². The lowest BCUT2D eigenvalue weighted by molar-refractivity contribution is -0.117. The lowest BCUT2D eigenvalue weighted by Gasteiger charge is -2.12. The van der Waals surface area contributed by atoms with Gasteiger partial charge < -0.3 is 15.8 Å². The summed E-state index contributed by atoms with van der Waals surface area (Å²) in [5.41, 5.74) is 6.07. The van der Waals surface area contributed by atoms with E-state index in [1.54, 1.807) is 25.1 Å². The summed E-state index contributed by atoms with van der Waals surface area (Å²) in [5.74, 6) is 0.796. The molecule has 0 aliphatic rings. The van der Waals surface area contributed by atoms with Gasteiger partial charge >= 0.3 is 0 Å². The van der Waals surface area contributed by atoms with Gasteiger partial charge in [0.15, 0.2) is 0 Å². The van der Waals surface area contributed by atoms with Crippen LogP contribution >= 0.6 is 11.6 Å². The van der Waals surface area contributed by atoms with Crippen molar-refractivity contribution in [1.29, 1.82) is 0 Å². The quantitative estimate of drug-likeness (QED) is 0.865. The van der Waals surface area contributed by atoms with Gasteiger partial charge in [0.05, 0.1) is 17.7 Å². The molecule has 0 unspecified atom stereocenters. The first-order valence-electron chi connectivity index (χ1n) is 5.89. The maximum atomic E-state index is 11.4. The van der Waals surface area contributed by atoms with Gasteiger partial charge in [0.2, 0.25) is 5.91 Å². The van der Waals surface area contributed by atoms with Crippen LogP contribution in [0.15, 0.2) is 18.2 Å². The Labute approximate surface area is 112 Å². The molecular weight excluding hydrogens is 252 g/mol. The first-order chi connectivity index (χ1) is 8.40. The van der Waals surface area contributed by atoms with Gasteiger partial charge in [0, 0.05) is 5.69 Å². The third kappa shape index (κ3) is 4.55. The van der Waals surface area contributed by atoms with Crippen LogP contribution in [0, 0.1) is 5.92 Å². The highest BCUT2D eigenvalue weighted by Crippen LogP contribution is 2.28. The highest BCUT2D eigenvalue weighted by molar-refractivity contribution is 6.32. The van der Waals surface area contributed by atoms with Crippen molar-refractivity contribution in [1.82, 2.24) is 0 Å². The number of hydrogen-bond donors (Lipinski definition) is 2. The van der Waals surface area contributed by atoms with E-state index < -0.39 is 6.04 Å². The Bertz CT molecular complexity index is 419. The Morgan fingerprint density at radius 1 is 1.44 bits per heavy atom. The Morgan fingerprint density at radius 3 is 2.61 bits per heavy atom. The van der Waals surface area contributed by atoms with Crippen LogP contribution in [0.5, 0.6) is 5.75 Å². The molecule has 0 fully saturated rings. The van der Waals surface area contributed by atoms with Crippen LogP contribution in [0.4, 0.5) is 5.69 Å². The zero-order valence-corrected chi connectivity index (χ0v) is 11.6. The van der Waals surface area contributed by atoms with Crippen molar-refractivity contribution in [2.45, 2.75) is 26.8 Å². The normalized spacial score (nSPS) is 12.3. The van der Waals surface area contributed by atoms with E-state index in [-0.39, 0.29) is 5.91 Å². The topological polar surface area (TPSA) is 64.3 Å². The third-order valence-electron chi connectivity index (χ3n) is 2.19. The Balaban J connectivity index is 2.70. The largest absolute Gasteiger partial charge is 0.492 e. The summed E-state index contributed by atoms with van der Waals surface area (Å²) >= 11 is 6.07. The molecular formula is C13H19ClN2O2. The molecule has 4 nitrogen and oxygen atoms in total. The molecule has 0 aliphatic heterocycles. The molecule has 0 heterocycles. The second kappa shape index (κ2) is 6.61. The molecule has 100 valence electrons. The minimum atomic E-state index is -0.555. The summed E-state index contributed by atoms with van der Waals surface area (Å²) in [6.07, 6.45) is 0. The van der Waals surface area contributed by atoms with Crippen molar-refractivity contribution >= 4 is 23.2 Å². The number of amides is 1. The summed E-state index contributed by atoms with van der Waals surface area (Å²) in [6, 6.07) is 4.57. The number of ether oxygens (including phenoxy) is 1. The zero-order valence-electron chi connectivity index (χ0n) is 10.9. The van der Waals surface area contributed by atoms with E-state index in [9.17, 15) is 4.79 Å². The van der Waals surface area contributed by atoms with Gasteiger partial charge in [-0.1, -0.05) is 25.4 Å². The van der Waals surface area contributed by atoms with Gasteiger partial charge in [-0.25, -0.2) is 0 Å². The fourth-order valence-electron chi connectivity index (χ4n) is 1.21. The zero-order chi connectivity index (χ0) is 13.7. The predicted octanol–water partition coefficient (Wildman–Crippen LogP) is 2.66. The Hall–Kier alpha value is -1.26. The van der Waals surface area contributed by atoms with Crippen molar-refractivity contribution in [2.24, 2.45) is 11.7 Å². The SMILES string of the molecule is CC(C)COc1ccc(NC(=O)[C@@H](C)N)cc1Cl. The van der Waals surface area contributed by atoms with E-state index in [4.69, 9.17) is 22.1 Å². The first-order valence-corrected chi connectivity index (χ1v) is 6.26. The standard InChI is InChI=1S/C13H19ClN2O2/c1-8(2)7-18-12-5-4-10(6-11(12)14)16-13(17)9(3)15/h4-6,8-9H,7,15H2,1-3H3,(H,16,17)/t9-/m1/s1. The van der Waals surface area contributed by atoms with E-state index in [2.05, 4.69) is 19.2 Å². The second-order valence-electron chi connectivity index (χ2n) is 4.63. The van der Waals surface area contributed by atoms with Crippen molar-refractivity contribution in [3.63, 3.8) is 0 Å². The van der Waals surface area contributed by atoms with Gasteiger partial charge in [-0.3, -0.25) is 4.79 Å². The van der Waals surface area contributed by atoms with E-state index in [1.807, 2.05) is 0 Å². The number of nitrogens with one attached hydrogen (secondary N) is 1. The van der Waals surface area contributed by atoms with Crippen molar-refractivity contribution in [2.75, 3.05) is 11.9 Å². The third-order valence-corrected chi connectivity index (χ3v) is 2.48. The highest BCUT2D eigenvalue weighted by Gasteiger charge is 2.09. The molecule has 0 spiro atoms. The number of anilines is 1. The minimum Gasteiger partial charge on any atom is -0.492 e. The van der Waals surface area contributed by atoms with E-state index >= 15 is 0 Å².